The summed E-state index contributed by atoms with van der Waals surface area (Å²) < 4.78 is 0. The average molecular weight is 767 g/mol. The highest BCUT2D eigenvalue weighted by atomic mass is 31.1. The first-order chi connectivity index (χ1) is 26.8. The van der Waals surface area contributed by atoms with Crippen molar-refractivity contribution in [3.05, 3.63) is 231 Å². The SMILES string of the molecule is c1ccc(P(CCP(c2ccccc2)c2ccccc2P(c2ccccc2)c2ccccc2)c2ccccc2P(c2ccccc2)c2ccccc2)cc1. The molecule has 0 heterocycles. The van der Waals surface area contributed by atoms with Gasteiger partial charge in [-0.15, -0.1) is 0 Å². The molecule has 0 spiro atoms. The second-order valence-corrected chi connectivity index (χ2v) is 21.9. The molecule has 0 bridgehead atoms. The summed E-state index contributed by atoms with van der Waals surface area (Å²) in [5, 5.41) is 14.4. The summed E-state index contributed by atoms with van der Waals surface area (Å²) in [6.45, 7) is 0. The summed E-state index contributed by atoms with van der Waals surface area (Å²) in [6, 6.07) is 86.2. The Kier molecular flexibility index (Phi) is 12.3. The maximum atomic E-state index is 2.44. The van der Waals surface area contributed by atoms with Gasteiger partial charge in [0, 0.05) is 0 Å². The molecule has 262 valence electrons. The van der Waals surface area contributed by atoms with Gasteiger partial charge in [0.05, 0.1) is 0 Å². The third-order valence-electron chi connectivity index (χ3n) is 9.57. The van der Waals surface area contributed by atoms with E-state index < -0.39 is 31.7 Å². The van der Waals surface area contributed by atoms with Crippen LogP contribution in [0.2, 0.25) is 0 Å². The van der Waals surface area contributed by atoms with Crippen LogP contribution in [-0.4, -0.2) is 12.3 Å². The minimum Gasteiger partial charge on any atom is -0.0622 e. The van der Waals surface area contributed by atoms with Crippen LogP contribution in [0.15, 0.2) is 231 Å². The Bertz CT molecular complexity index is 2090. The van der Waals surface area contributed by atoms with Gasteiger partial charge >= 0.3 is 0 Å². The van der Waals surface area contributed by atoms with E-state index in [0.717, 1.165) is 12.3 Å². The van der Waals surface area contributed by atoms with Crippen LogP contribution in [0.1, 0.15) is 0 Å². The van der Waals surface area contributed by atoms with Gasteiger partial charge in [-0.1, -0.05) is 231 Å². The van der Waals surface area contributed by atoms with Crippen molar-refractivity contribution in [2.24, 2.45) is 0 Å². The van der Waals surface area contributed by atoms with Crippen LogP contribution in [-0.2, 0) is 0 Å². The fourth-order valence-electron chi connectivity index (χ4n) is 7.12. The maximum Gasteiger partial charge on any atom is -0.00708 e. The van der Waals surface area contributed by atoms with Gasteiger partial charge in [0.25, 0.3) is 0 Å². The zero-order valence-corrected chi connectivity index (χ0v) is 33.7. The predicted molar refractivity (Wildman–Crippen MR) is 245 cm³/mol. The minimum atomic E-state index is -0.745. The van der Waals surface area contributed by atoms with Crippen molar-refractivity contribution in [3.63, 3.8) is 0 Å². The van der Waals surface area contributed by atoms with Gasteiger partial charge in [-0.2, -0.15) is 0 Å². The Morgan fingerprint density at radius 3 is 0.667 bits per heavy atom. The molecule has 0 saturated heterocycles. The molecule has 2 atom stereocenters. The highest BCUT2D eigenvalue weighted by Crippen LogP contribution is 2.45. The Hall–Kier alpha value is -4.52. The molecule has 0 N–H and O–H groups in total. The van der Waals surface area contributed by atoms with Crippen molar-refractivity contribution in [2.75, 3.05) is 12.3 Å². The largest absolute Gasteiger partial charge is 0.0622 e. The Labute approximate surface area is 326 Å². The van der Waals surface area contributed by atoms with Crippen molar-refractivity contribution in [1.29, 1.82) is 0 Å². The summed E-state index contributed by atoms with van der Waals surface area (Å²) in [5.41, 5.74) is 0. The van der Waals surface area contributed by atoms with E-state index in [1.54, 1.807) is 0 Å². The van der Waals surface area contributed by atoms with E-state index in [9.17, 15) is 0 Å². The molecule has 54 heavy (non-hydrogen) atoms. The summed E-state index contributed by atoms with van der Waals surface area (Å²) in [5.74, 6) is 0. The fourth-order valence-corrected chi connectivity index (χ4v) is 18.6. The molecular weight excluding hydrogens is 724 g/mol. The van der Waals surface area contributed by atoms with E-state index in [1.165, 1.54) is 53.0 Å². The van der Waals surface area contributed by atoms with Crippen molar-refractivity contribution >= 4 is 84.7 Å². The maximum absolute atomic E-state index is 2.44. The molecule has 4 heteroatoms. The molecule has 0 aliphatic heterocycles. The van der Waals surface area contributed by atoms with Gasteiger partial charge in [0.2, 0.25) is 0 Å². The highest BCUT2D eigenvalue weighted by molar-refractivity contribution is 7.84. The second kappa shape index (κ2) is 18.2. The van der Waals surface area contributed by atoms with Crippen LogP contribution in [0.25, 0.3) is 0 Å². The predicted octanol–water partition coefficient (Wildman–Crippen LogP) is 8.77. The second-order valence-electron chi connectivity index (χ2n) is 13.0. The standard InChI is InChI=1S/C50H42P4/c1-7-23-41(24-8-1)51(47-35-19-21-37-49(47)53(43-27-11-3-12-28-43)44-29-13-4-14-30-44)39-40-52(42-25-9-2-10-26-42)48-36-20-22-38-50(48)54(45-31-15-5-16-32-45)46-33-17-6-18-34-46/h1-38H,39-40H2. The van der Waals surface area contributed by atoms with E-state index in [4.69, 9.17) is 0 Å². The van der Waals surface area contributed by atoms with Crippen LogP contribution in [0.3, 0.4) is 0 Å². The monoisotopic (exact) mass is 766 g/mol. The van der Waals surface area contributed by atoms with Gasteiger partial charge in [0.1, 0.15) is 0 Å². The van der Waals surface area contributed by atoms with Gasteiger partial charge in [-0.05, 0) is 97.1 Å². The third kappa shape index (κ3) is 8.40. The molecule has 0 aromatic heterocycles. The summed E-state index contributed by atoms with van der Waals surface area (Å²) >= 11 is 0. The lowest BCUT2D eigenvalue weighted by atomic mass is 10.3. The van der Waals surface area contributed by atoms with Crippen LogP contribution in [0.5, 0.6) is 0 Å². The molecule has 0 nitrogen and oxygen atoms in total. The van der Waals surface area contributed by atoms with E-state index in [-0.39, 0.29) is 0 Å². The van der Waals surface area contributed by atoms with Gasteiger partial charge in [-0.3, -0.25) is 0 Å². The van der Waals surface area contributed by atoms with Crippen LogP contribution < -0.4 is 53.0 Å². The van der Waals surface area contributed by atoms with E-state index in [2.05, 4.69) is 231 Å². The summed E-state index contributed by atoms with van der Waals surface area (Å²) in [6.07, 6.45) is 2.21. The molecule has 0 amide bonds. The Morgan fingerprint density at radius 2 is 0.407 bits per heavy atom. The number of rotatable bonds is 13. The van der Waals surface area contributed by atoms with Crippen molar-refractivity contribution in [2.45, 2.75) is 0 Å². The molecule has 0 fully saturated rings. The zero-order valence-electron chi connectivity index (χ0n) is 30.1. The average Bonchev–Trinajstić information content (AvgIpc) is 3.26. The van der Waals surface area contributed by atoms with Crippen LogP contribution in [0.4, 0.5) is 0 Å². The molecule has 0 aliphatic carbocycles. The first kappa shape index (κ1) is 36.5. The van der Waals surface area contributed by atoms with E-state index in [0.29, 0.717) is 0 Å². The quantitative estimate of drug-likeness (QED) is 0.103. The molecule has 0 aliphatic rings. The van der Waals surface area contributed by atoms with Gasteiger partial charge < -0.3 is 0 Å². The zero-order chi connectivity index (χ0) is 36.4. The fraction of sp³-hybridized carbons (Fsp3) is 0.0400. The lowest BCUT2D eigenvalue weighted by Gasteiger charge is -2.30. The van der Waals surface area contributed by atoms with E-state index in [1.807, 2.05) is 0 Å². The van der Waals surface area contributed by atoms with Crippen molar-refractivity contribution < 1.29 is 0 Å². The first-order valence-electron chi connectivity index (χ1n) is 18.5. The topological polar surface area (TPSA) is 0 Å². The highest BCUT2D eigenvalue weighted by Gasteiger charge is 2.28. The summed E-state index contributed by atoms with van der Waals surface area (Å²) in [4.78, 5) is 0. The van der Waals surface area contributed by atoms with Gasteiger partial charge in [-0.25, -0.2) is 0 Å². The number of benzene rings is 8. The summed E-state index contributed by atoms with van der Waals surface area (Å²) in [7, 11) is -2.84. The molecule has 0 saturated carbocycles. The molecular formula is C50H42P4. The van der Waals surface area contributed by atoms with Gasteiger partial charge in [0.15, 0.2) is 0 Å². The smallest absolute Gasteiger partial charge is 0.00708 e. The number of hydrogen-bond acceptors (Lipinski definition) is 0. The van der Waals surface area contributed by atoms with Crippen LogP contribution in [0, 0.1) is 0 Å². The third-order valence-corrected chi connectivity index (χ3v) is 20.4. The molecule has 2 unspecified atom stereocenters. The Morgan fingerprint density at radius 1 is 0.204 bits per heavy atom. The number of hydrogen-bond donors (Lipinski definition) is 0. The molecule has 8 rings (SSSR count). The van der Waals surface area contributed by atoms with E-state index >= 15 is 0 Å². The molecule has 8 aromatic rings. The Balaban J connectivity index is 1.25. The van der Waals surface area contributed by atoms with Crippen molar-refractivity contribution in [1.82, 2.24) is 0 Å². The molecule has 0 radical (unpaired) electrons. The lowest BCUT2D eigenvalue weighted by molar-refractivity contribution is 1.51. The van der Waals surface area contributed by atoms with Crippen LogP contribution >= 0.6 is 31.7 Å². The minimum absolute atomic E-state index is 0.673. The normalized spacial score (nSPS) is 12.4. The van der Waals surface area contributed by atoms with Crippen molar-refractivity contribution in [3.8, 4) is 0 Å². The molecule has 8 aromatic carbocycles. The first-order valence-corrected chi connectivity index (χ1v) is 24.2. The lowest BCUT2D eigenvalue weighted by Crippen LogP contribution is -2.34.